The van der Waals surface area contributed by atoms with Crippen LogP contribution < -0.4 is 5.32 Å². The van der Waals surface area contributed by atoms with Crippen LogP contribution in [0.4, 0.5) is 5.69 Å². The first-order chi connectivity index (χ1) is 5.24. The second-order valence-electron chi connectivity index (χ2n) is 1.83. The Labute approximate surface area is 74.1 Å². The van der Waals surface area contributed by atoms with E-state index in [0.717, 1.165) is 0 Å². The van der Waals surface area contributed by atoms with E-state index < -0.39 is 0 Å². The molecule has 4 heteroatoms. The lowest BCUT2D eigenvalue weighted by Crippen LogP contribution is -1.92. The van der Waals surface area contributed by atoms with Gasteiger partial charge in [-0.25, -0.2) is 5.32 Å². The summed E-state index contributed by atoms with van der Waals surface area (Å²) in [5.74, 6) is 0. The molecule has 0 saturated carbocycles. The number of amides is 1. The van der Waals surface area contributed by atoms with Gasteiger partial charge in [0.1, 0.15) is 0 Å². The Morgan fingerprint density at radius 1 is 1.36 bits per heavy atom. The van der Waals surface area contributed by atoms with E-state index in [9.17, 15) is 4.79 Å². The minimum absolute atomic E-state index is 0.379. The summed E-state index contributed by atoms with van der Waals surface area (Å²) in [7, 11) is 0. The molecule has 57 valence electrons. The number of hydrogen-bond acceptors (Lipinski definition) is 1. The predicted octanol–water partition coefficient (Wildman–Crippen LogP) is 2.39. The SMILES string of the molecule is O=C[N]c1ccc(Cl)cc1Cl. The molecule has 1 amide bonds. The van der Waals surface area contributed by atoms with Crippen molar-refractivity contribution in [3.63, 3.8) is 0 Å². The van der Waals surface area contributed by atoms with Gasteiger partial charge < -0.3 is 0 Å². The van der Waals surface area contributed by atoms with Gasteiger partial charge in [-0.2, -0.15) is 0 Å². The van der Waals surface area contributed by atoms with Gasteiger partial charge in [0, 0.05) is 5.02 Å². The molecule has 1 radical (unpaired) electrons. The summed E-state index contributed by atoms with van der Waals surface area (Å²) in [6, 6.07) is 4.74. The van der Waals surface area contributed by atoms with E-state index in [1.54, 1.807) is 12.1 Å². The molecule has 0 aliphatic heterocycles. The van der Waals surface area contributed by atoms with Crippen LogP contribution in [0.5, 0.6) is 0 Å². The molecule has 0 saturated heterocycles. The lowest BCUT2D eigenvalue weighted by atomic mass is 10.3. The molecule has 0 N–H and O–H groups in total. The minimum Gasteiger partial charge on any atom is -0.276 e. The second kappa shape index (κ2) is 3.60. The molecule has 0 unspecified atom stereocenters. The highest BCUT2D eigenvalue weighted by atomic mass is 35.5. The van der Waals surface area contributed by atoms with Crippen molar-refractivity contribution < 1.29 is 4.79 Å². The smallest absolute Gasteiger partial charge is 0.233 e. The largest absolute Gasteiger partial charge is 0.276 e. The highest BCUT2D eigenvalue weighted by Crippen LogP contribution is 2.24. The maximum atomic E-state index is 9.95. The van der Waals surface area contributed by atoms with Gasteiger partial charge in [-0.1, -0.05) is 23.2 Å². The van der Waals surface area contributed by atoms with Crippen LogP contribution in [0, 0.1) is 0 Å². The van der Waals surface area contributed by atoms with Crippen molar-refractivity contribution in [2.45, 2.75) is 0 Å². The third-order valence-corrected chi connectivity index (χ3v) is 1.64. The molecule has 11 heavy (non-hydrogen) atoms. The van der Waals surface area contributed by atoms with Crippen LogP contribution in [-0.4, -0.2) is 6.41 Å². The summed E-state index contributed by atoms with van der Waals surface area (Å²) in [6.45, 7) is 0. The molecule has 0 bridgehead atoms. The maximum Gasteiger partial charge on any atom is 0.233 e. The molecule has 0 aliphatic carbocycles. The second-order valence-corrected chi connectivity index (χ2v) is 2.67. The van der Waals surface area contributed by atoms with Gasteiger partial charge in [0.15, 0.2) is 0 Å². The minimum atomic E-state index is 0.379. The van der Waals surface area contributed by atoms with E-state index in [-0.39, 0.29) is 0 Å². The van der Waals surface area contributed by atoms with Gasteiger partial charge in [-0.05, 0) is 18.2 Å². The summed E-state index contributed by atoms with van der Waals surface area (Å²) < 4.78 is 0. The van der Waals surface area contributed by atoms with Crippen LogP contribution in [-0.2, 0) is 4.79 Å². The molecule has 0 fully saturated rings. The maximum absolute atomic E-state index is 9.95. The third kappa shape index (κ3) is 2.10. The number of nitrogens with zero attached hydrogens (tertiary/aromatic N) is 1. The molecule has 0 aliphatic rings. The van der Waals surface area contributed by atoms with Crippen molar-refractivity contribution in [3.05, 3.63) is 28.2 Å². The Bertz CT molecular complexity index is 275. The number of carbonyl (C=O) groups excluding carboxylic acids is 1. The molecule has 1 aromatic carbocycles. The Kier molecular flexibility index (Phi) is 2.74. The van der Waals surface area contributed by atoms with E-state index in [1.165, 1.54) is 6.07 Å². The van der Waals surface area contributed by atoms with Crippen LogP contribution in [0.3, 0.4) is 0 Å². The van der Waals surface area contributed by atoms with Gasteiger partial charge in [-0.3, -0.25) is 4.79 Å². The fraction of sp³-hybridized carbons (Fsp3) is 0. The van der Waals surface area contributed by atoms with Crippen molar-refractivity contribution >= 4 is 35.3 Å². The van der Waals surface area contributed by atoms with E-state index in [0.29, 0.717) is 22.1 Å². The highest BCUT2D eigenvalue weighted by Gasteiger charge is 1.99. The van der Waals surface area contributed by atoms with Crippen LogP contribution in [0.25, 0.3) is 0 Å². The first-order valence-electron chi connectivity index (χ1n) is 2.83. The van der Waals surface area contributed by atoms with E-state index >= 15 is 0 Å². The molecule has 0 heterocycles. The summed E-state index contributed by atoms with van der Waals surface area (Å²) in [5.41, 5.74) is 0.436. The fourth-order valence-electron chi connectivity index (χ4n) is 0.643. The van der Waals surface area contributed by atoms with Crippen LogP contribution in [0.2, 0.25) is 10.0 Å². The number of benzene rings is 1. The first-order valence-corrected chi connectivity index (χ1v) is 3.59. The van der Waals surface area contributed by atoms with Crippen LogP contribution >= 0.6 is 23.2 Å². The summed E-state index contributed by atoms with van der Waals surface area (Å²) in [4.78, 5) is 9.95. The van der Waals surface area contributed by atoms with Crippen molar-refractivity contribution in [1.82, 2.24) is 5.32 Å². The third-order valence-electron chi connectivity index (χ3n) is 1.10. The number of hydrogen-bond donors (Lipinski definition) is 0. The highest BCUT2D eigenvalue weighted by molar-refractivity contribution is 6.36. The average molecular weight is 189 g/mol. The molecule has 1 rings (SSSR count). The summed E-state index contributed by atoms with van der Waals surface area (Å²) in [5, 5.41) is 4.38. The lowest BCUT2D eigenvalue weighted by Gasteiger charge is -1.98. The topological polar surface area (TPSA) is 31.2 Å². The van der Waals surface area contributed by atoms with Gasteiger partial charge in [0.2, 0.25) is 6.41 Å². The lowest BCUT2D eigenvalue weighted by molar-refractivity contribution is -0.108. The van der Waals surface area contributed by atoms with Gasteiger partial charge >= 0.3 is 0 Å². The Morgan fingerprint density at radius 2 is 2.09 bits per heavy atom. The van der Waals surface area contributed by atoms with Crippen LogP contribution in [0.1, 0.15) is 0 Å². The van der Waals surface area contributed by atoms with E-state index in [4.69, 9.17) is 23.2 Å². The number of rotatable bonds is 2. The van der Waals surface area contributed by atoms with Crippen molar-refractivity contribution in [2.75, 3.05) is 0 Å². The number of carbonyl (C=O) groups is 1. The molecule has 0 spiro atoms. The summed E-state index contributed by atoms with van der Waals surface area (Å²) >= 11 is 11.3. The zero-order valence-corrected chi connectivity index (χ0v) is 6.93. The molecule has 1 aromatic rings. The van der Waals surface area contributed by atoms with E-state index in [1.807, 2.05) is 0 Å². The van der Waals surface area contributed by atoms with Gasteiger partial charge in [0.25, 0.3) is 0 Å². The Hall–Kier alpha value is -0.730. The van der Waals surface area contributed by atoms with Crippen molar-refractivity contribution in [3.8, 4) is 0 Å². The molecular weight excluding hydrogens is 185 g/mol. The quantitative estimate of drug-likeness (QED) is 0.657. The Balaban J connectivity index is 2.98. The number of halogens is 2. The van der Waals surface area contributed by atoms with Crippen molar-refractivity contribution in [2.24, 2.45) is 0 Å². The normalized spacial score (nSPS) is 9.27. The molecule has 0 atom stereocenters. The monoisotopic (exact) mass is 188 g/mol. The zero-order valence-electron chi connectivity index (χ0n) is 5.42. The summed E-state index contributed by atoms with van der Waals surface area (Å²) in [6.07, 6.45) is 0.440. The van der Waals surface area contributed by atoms with Crippen LogP contribution in [0.15, 0.2) is 18.2 Å². The average Bonchev–Trinajstić information content (AvgIpc) is 1.95. The van der Waals surface area contributed by atoms with Crippen molar-refractivity contribution in [1.29, 1.82) is 0 Å². The zero-order chi connectivity index (χ0) is 8.27. The standard InChI is InChI=1S/C7H4Cl2NO/c8-5-1-2-7(10-4-11)6(9)3-5/h1-4H. The predicted molar refractivity (Wildman–Crippen MR) is 44.3 cm³/mol. The van der Waals surface area contributed by atoms with Gasteiger partial charge in [0.05, 0.1) is 10.7 Å². The molecule has 2 nitrogen and oxygen atoms in total. The first kappa shape index (κ1) is 8.37. The molecular formula is C7H4Cl2NO. The van der Waals surface area contributed by atoms with E-state index in [2.05, 4.69) is 5.32 Å². The molecule has 0 aromatic heterocycles. The van der Waals surface area contributed by atoms with Gasteiger partial charge in [-0.15, -0.1) is 0 Å². The fourth-order valence-corrected chi connectivity index (χ4v) is 1.10. The Morgan fingerprint density at radius 3 is 2.64 bits per heavy atom.